The highest BCUT2D eigenvalue weighted by atomic mass is 16.5. The summed E-state index contributed by atoms with van der Waals surface area (Å²) in [5.41, 5.74) is 1.18. The number of methoxy groups -OCH3 is 1. The second-order valence-electron chi connectivity index (χ2n) is 2.58. The van der Waals surface area contributed by atoms with Crippen molar-refractivity contribution in [3.63, 3.8) is 0 Å². The van der Waals surface area contributed by atoms with E-state index in [0.717, 1.165) is 18.8 Å². The lowest BCUT2D eigenvalue weighted by atomic mass is 10.2. The van der Waals surface area contributed by atoms with Crippen LogP contribution < -0.4 is 5.32 Å². The van der Waals surface area contributed by atoms with Gasteiger partial charge < -0.3 is 14.5 Å². The van der Waals surface area contributed by atoms with E-state index in [1.165, 1.54) is 5.56 Å². The first-order chi connectivity index (χ1) is 5.88. The highest BCUT2D eigenvalue weighted by molar-refractivity contribution is 5.15. The lowest BCUT2D eigenvalue weighted by molar-refractivity contribution is 0.163. The van der Waals surface area contributed by atoms with E-state index in [1.807, 2.05) is 6.07 Å². The van der Waals surface area contributed by atoms with Gasteiger partial charge in [-0.25, -0.2) is 0 Å². The third-order valence-corrected chi connectivity index (χ3v) is 1.68. The molecule has 0 atom stereocenters. The van der Waals surface area contributed by atoms with Crippen LogP contribution >= 0.6 is 0 Å². The van der Waals surface area contributed by atoms with Gasteiger partial charge in [0.25, 0.3) is 0 Å². The summed E-state index contributed by atoms with van der Waals surface area (Å²) in [7, 11) is 1.67. The first kappa shape index (κ1) is 9.29. The van der Waals surface area contributed by atoms with Crippen LogP contribution in [0.4, 0.5) is 0 Å². The fourth-order valence-electron chi connectivity index (χ4n) is 1.04. The molecule has 3 nitrogen and oxygen atoms in total. The first-order valence-electron chi connectivity index (χ1n) is 4.13. The molecule has 1 N–H and O–H groups in total. The van der Waals surface area contributed by atoms with E-state index in [1.54, 1.807) is 13.4 Å². The summed E-state index contributed by atoms with van der Waals surface area (Å²) in [5, 5.41) is 3.23. The number of furan rings is 1. The zero-order valence-corrected chi connectivity index (χ0v) is 7.59. The highest BCUT2D eigenvalue weighted by Crippen LogP contribution is 2.10. The molecule has 0 radical (unpaired) electrons. The molecule has 12 heavy (non-hydrogen) atoms. The molecule has 1 aromatic rings. The van der Waals surface area contributed by atoms with Crippen LogP contribution in [-0.2, 0) is 17.9 Å². The first-order valence-corrected chi connectivity index (χ1v) is 4.13. The van der Waals surface area contributed by atoms with Gasteiger partial charge in [-0.2, -0.15) is 0 Å². The van der Waals surface area contributed by atoms with E-state index in [-0.39, 0.29) is 0 Å². The molecule has 0 unspecified atom stereocenters. The third kappa shape index (κ3) is 2.36. The molecule has 0 amide bonds. The van der Waals surface area contributed by atoms with Crippen molar-refractivity contribution in [3.8, 4) is 0 Å². The average Bonchev–Trinajstić information content (AvgIpc) is 2.50. The number of hydrogen-bond acceptors (Lipinski definition) is 3. The van der Waals surface area contributed by atoms with Crippen LogP contribution in [0.15, 0.2) is 16.7 Å². The van der Waals surface area contributed by atoms with Crippen LogP contribution in [0.1, 0.15) is 18.2 Å². The van der Waals surface area contributed by atoms with Crippen LogP contribution in [0.3, 0.4) is 0 Å². The number of rotatable bonds is 5. The fourth-order valence-corrected chi connectivity index (χ4v) is 1.04. The van der Waals surface area contributed by atoms with Gasteiger partial charge in [-0.15, -0.1) is 0 Å². The summed E-state index contributed by atoms with van der Waals surface area (Å²) in [6.45, 7) is 4.45. The Bertz CT molecular complexity index is 220. The van der Waals surface area contributed by atoms with Crippen molar-refractivity contribution in [2.75, 3.05) is 13.7 Å². The van der Waals surface area contributed by atoms with E-state index < -0.39 is 0 Å². The normalized spacial score (nSPS) is 10.5. The van der Waals surface area contributed by atoms with Gasteiger partial charge in [-0.3, -0.25) is 0 Å². The van der Waals surface area contributed by atoms with E-state index in [9.17, 15) is 0 Å². The third-order valence-electron chi connectivity index (χ3n) is 1.68. The lowest BCUT2D eigenvalue weighted by Crippen LogP contribution is -2.12. The summed E-state index contributed by atoms with van der Waals surface area (Å²) < 4.78 is 10.2. The van der Waals surface area contributed by atoms with Crippen molar-refractivity contribution in [2.24, 2.45) is 0 Å². The van der Waals surface area contributed by atoms with Crippen LogP contribution in [-0.4, -0.2) is 13.7 Å². The van der Waals surface area contributed by atoms with Crippen molar-refractivity contribution < 1.29 is 9.15 Å². The zero-order valence-electron chi connectivity index (χ0n) is 7.59. The molecule has 0 aliphatic rings. The summed E-state index contributed by atoms with van der Waals surface area (Å²) in [5.74, 6) is 0.915. The zero-order chi connectivity index (χ0) is 8.81. The molecule has 1 heterocycles. The summed E-state index contributed by atoms with van der Waals surface area (Å²) >= 11 is 0. The maximum atomic E-state index is 5.24. The second-order valence-corrected chi connectivity index (χ2v) is 2.58. The van der Waals surface area contributed by atoms with Gasteiger partial charge in [0.1, 0.15) is 12.4 Å². The van der Waals surface area contributed by atoms with Crippen LogP contribution in [0, 0.1) is 0 Å². The molecule has 0 aliphatic carbocycles. The van der Waals surface area contributed by atoms with Gasteiger partial charge in [0.2, 0.25) is 0 Å². The quantitative estimate of drug-likeness (QED) is 0.726. The van der Waals surface area contributed by atoms with E-state index in [4.69, 9.17) is 9.15 Å². The Labute approximate surface area is 72.7 Å². The second kappa shape index (κ2) is 4.95. The monoisotopic (exact) mass is 169 g/mol. The number of nitrogens with one attached hydrogen (secondary N) is 1. The predicted octanol–water partition coefficient (Wildman–Crippen LogP) is 1.54. The van der Waals surface area contributed by atoms with Gasteiger partial charge in [-0.1, -0.05) is 6.92 Å². The van der Waals surface area contributed by atoms with Gasteiger partial charge in [0.15, 0.2) is 0 Å². The maximum absolute atomic E-state index is 5.24. The van der Waals surface area contributed by atoms with E-state index in [0.29, 0.717) is 6.61 Å². The molecule has 1 rings (SSSR count). The van der Waals surface area contributed by atoms with Crippen LogP contribution in [0.25, 0.3) is 0 Å². The average molecular weight is 169 g/mol. The molecular formula is C9H15NO2. The summed E-state index contributed by atoms with van der Waals surface area (Å²) in [6.07, 6.45) is 1.70. The van der Waals surface area contributed by atoms with E-state index in [2.05, 4.69) is 12.2 Å². The molecule has 0 aromatic carbocycles. The number of ether oxygens (including phenoxy) is 1. The molecule has 3 heteroatoms. The largest absolute Gasteiger partial charge is 0.467 e. The van der Waals surface area contributed by atoms with Gasteiger partial charge in [0, 0.05) is 19.2 Å². The minimum Gasteiger partial charge on any atom is -0.467 e. The SMILES string of the molecule is CCNCc1ccoc1COC. The summed E-state index contributed by atoms with van der Waals surface area (Å²) in [4.78, 5) is 0. The van der Waals surface area contributed by atoms with Gasteiger partial charge >= 0.3 is 0 Å². The summed E-state index contributed by atoms with van der Waals surface area (Å²) in [6, 6.07) is 1.97. The molecule has 0 saturated heterocycles. The number of hydrogen-bond donors (Lipinski definition) is 1. The van der Waals surface area contributed by atoms with Crippen molar-refractivity contribution >= 4 is 0 Å². The lowest BCUT2D eigenvalue weighted by Gasteiger charge is -2.01. The Hall–Kier alpha value is -0.800. The van der Waals surface area contributed by atoms with Gasteiger partial charge in [0.05, 0.1) is 6.26 Å². The predicted molar refractivity (Wildman–Crippen MR) is 46.8 cm³/mol. The Kier molecular flexibility index (Phi) is 3.84. The fraction of sp³-hybridized carbons (Fsp3) is 0.556. The Morgan fingerprint density at radius 2 is 2.42 bits per heavy atom. The smallest absolute Gasteiger partial charge is 0.133 e. The van der Waals surface area contributed by atoms with Crippen molar-refractivity contribution in [2.45, 2.75) is 20.1 Å². The molecule has 0 saturated carbocycles. The maximum Gasteiger partial charge on any atom is 0.133 e. The topological polar surface area (TPSA) is 34.4 Å². The van der Waals surface area contributed by atoms with Gasteiger partial charge in [-0.05, 0) is 12.6 Å². The molecule has 0 aliphatic heterocycles. The Morgan fingerprint density at radius 3 is 3.08 bits per heavy atom. The molecule has 0 fully saturated rings. The molecule has 0 bridgehead atoms. The highest BCUT2D eigenvalue weighted by Gasteiger charge is 2.03. The van der Waals surface area contributed by atoms with E-state index >= 15 is 0 Å². The Morgan fingerprint density at radius 1 is 1.58 bits per heavy atom. The standard InChI is InChI=1S/C9H15NO2/c1-3-10-6-8-4-5-12-9(8)7-11-2/h4-5,10H,3,6-7H2,1-2H3. The molecule has 68 valence electrons. The van der Waals surface area contributed by atoms with Crippen molar-refractivity contribution in [1.29, 1.82) is 0 Å². The van der Waals surface area contributed by atoms with Crippen molar-refractivity contribution in [3.05, 3.63) is 23.7 Å². The Balaban J connectivity index is 2.51. The van der Waals surface area contributed by atoms with Crippen molar-refractivity contribution in [1.82, 2.24) is 5.32 Å². The minimum atomic E-state index is 0.549. The van der Waals surface area contributed by atoms with Crippen LogP contribution in [0.2, 0.25) is 0 Å². The van der Waals surface area contributed by atoms with Crippen LogP contribution in [0.5, 0.6) is 0 Å². The molecule has 0 spiro atoms. The minimum absolute atomic E-state index is 0.549. The molecular weight excluding hydrogens is 154 g/mol. The molecule has 1 aromatic heterocycles.